The molecule has 3 heterocycles. The predicted molar refractivity (Wildman–Crippen MR) is 136 cm³/mol. The summed E-state index contributed by atoms with van der Waals surface area (Å²) in [7, 11) is 0. The summed E-state index contributed by atoms with van der Waals surface area (Å²) < 4.78 is 5.91. The molecule has 2 aromatic carbocycles. The molecule has 3 unspecified atom stereocenters. The van der Waals surface area contributed by atoms with Gasteiger partial charge in [0.1, 0.15) is 11.3 Å². The van der Waals surface area contributed by atoms with E-state index in [4.69, 9.17) is 21.0 Å². The number of nitrogens with zero attached hydrogens (tertiary/aromatic N) is 2. The highest BCUT2D eigenvalue weighted by molar-refractivity contribution is 7.99. The zero-order valence-electron chi connectivity index (χ0n) is 19.4. The molecule has 2 saturated heterocycles. The summed E-state index contributed by atoms with van der Waals surface area (Å²) in [4.78, 5) is 20.0. The third kappa shape index (κ3) is 5.33. The minimum absolute atomic E-state index is 0.0418. The van der Waals surface area contributed by atoms with Crippen molar-refractivity contribution >= 4 is 29.3 Å². The number of rotatable bonds is 6. The number of piperidine rings is 1. The highest BCUT2D eigenvalue weighted by atomic mass is 35.5. The van der Waals surface area contributed by atoms with Crippen molar-refractivity contribution in [2.45, 2.75) is 44.1 Å². The Morgan fingerprint density at radius 3 is 2.68 bits per heavy atom. The van der Waals surface area contributed by atoms with Crippen LogP contribution in [0.4, 0.5) is 0 Å². The maximum atomic E-state index is 12.9. The fourth-order valence-corrected chi connectivity index (χ4v) is 5.77. The van der Waals surface area contributed by atoms with E-state index in [9.17, 15) is 4.79 Å². The molecule has 3 atom stereocenters. The largest absolute Gasteiger partial charge is 0.441 e. The van der Waals surface area contributed by atoms with Crippen molar-refractivity contribution in [3.8, 4) is 11.5 Å². The van der Waals surface area contributed by atoms with E-state index < -0.39 is 0 Å². The van der Waals surface area contributed by atoms with E-state index in [0.29, 0.717) is 11.6 Å². The predicted octanol–water partition coefficient (Wildman–Crippen LogP) is 4.74. The van der Waals surface area contributed by atoms with E-state index in [-0.39, 0.29) is 23.4 Å². The van der Waals surface area contributed by atoms with Crippen molar-refractivity contribution < 1.29 is 9.21 Å². The molecule has 0 aliphatic carbocycles. The molecule has 2 N–H and O–H groups in total. The number of aromatic nitrogens is 1. The SMILES string of the molecule is Cc1ccc(-c2nc(CSC3NC(=O)C4CN(Cc5ccc(Cl)cc5)CCC4N3)c(C)o2)cc1. The maximum Gasteiger partial charge on any atom is 0.227 e. The molecule has 34 heavy (non-hydrogen) atoms. The van der Waals surface area contributed by atoms with Gasteiger partial charge in [-0.15, -0.1) is 11.8 Å². The van der Waals surface area contributed by atoms with Crippen LogP contribution in [-0.4, -0.2) is 40.4 Å². The molecule has 178 valence electrons. The summed E-state index contributed by atoms with van der Waals surface area (Å²) in [5, 5.41) is 7.54. The summed E-state index contributed by atoms with van der Waals surface area (Å²) in [5.41, 5.74) is 4.18. The van der Waals surface area contributed by atoms with Crippen molar-refractivity contribution in [2.75, 3.05) is 13.1 Å². The Bertz CT molecular complexity index is 1150. The first-order valence-corrected chi connectivity index (χ1v) is 13.1. The molecule has 3 aromatic rings. The Labute approximate surface area is 209 Å². The quantitative estimate of drug-likeness (QED) is 0.513. The molecule has 0 saturated carbocycles. The van der Waals surface area contributed by atoms with Gasteiger partial charge in [-0.3, -0.25) is 15.0 Å². The Balaban J connectivity index is 1.16. The fraction of sp³-hybridized carbons (Fsp3) is 0.385. The Hall–Kier alpha value is -2.32. The number of nitrogens with one attached hydrogen (secondary N) is 2. The van der Waals surface area contributed by atoms with Gasteiger partial charge in [-0.25, -0.2) is 4.98 Å². The highest BCUT2D eigenvalue weighted by Crippen LogP contribution is 2.28. The number of hydrogen-bond acceptors (Lipinski definition) is 6. The van der Waals surface area contributed by atoms with E-state index in [1.165, 1.54) is 11.1 Å². The Morgan fingerprint density at radius 2 is 1.91 bits per heavy atom. The first-order valence-electron chi connectivity index (χ1n) is 11.6. The molecule has 1 amide bonds. The van der Waals surface area contributed by atoms with Gasteiger partial charge in [0.05, 0.1) is 11.6 Å². The molecule has 6 nitrogen and oxygen atoms in total. The molecular formula is C26H29ClN4O2S. The lowest BCUT2D eigenvalue weighted by Gasteiger charge is -2.43. The number of benzene rings is 2. The lowest BCUT2D eigenvalue weighted by Crippen LogP contribution is -2.64. The zero-order chi connectivity index (χ0) is 23.7. The standard InChI is InChI=1S/C26H29ClN4O2S/c1-16-3-7-19(8-4-16)25-28-23(17(2)33-25)15-34-26-29-22-11-12-31(14-21(22)24(32)30-26)13-18-5-9-20(27)10-6-18/h3-10,21-22,26,29H,11-15H2,1-2H3,(H,30,32). The van der Waals surface area contributed by atoms with Gasteiger partial charge < -0.3 is 9.73 Å². The normalized spacial score (nSPS) is 22.9. The van der Waals surface area contributed by atoms with Crippen LogP contribution in [0.3, 0.4) is 0 Å². The molecule has 5 rings (SSSR count). The van der Waals surface area contributed by atoms with Gasteiger partial charge in [0, 0.05) is 42.0 Å². The molecule has 2 fully saturated rings. The number of hydrogen-bond donors (Lipinski definition) is 2. The summed E-state index contributed by atoms with van der Waals surface area (Å²) in [5.74, 6) is 2.21. The van der Waals surface area contributed by atoms with Crippen molar-refractivity contribution in [1.29, 1.82) is 0 Å². The van der Waals surface area contributed by atoms with Gasteiger partial charge in [-0.1, -0.05) is 41.4 Å². The number of carbonyl (C=O) groups excluding carboxylic acids is 1. The molecule has 1 aromatic heterocycles. The van der Waals surface area contributed by atoms with Gasteiger partial charge in [0.2, 0.25) is 11.8 Å². The van der Waals surface area contributed by atoms with E-state index in [1.54, 1.807) is 11.8 Å². The van der Waals surface area contributed by atoms with Gasteiger partial charge in [0.15, 0.2) is 0 Å². The highest BCUT2D eigenvalue weighted by Gasteiger charge is 2.40. The van der Waals surface area contributed by atoms with Crippen LogP contribution in [-0.2, 0) is 17.1 Å². The Kier molecular flexibility index (Phi) is 6.97. The van der Waals surface area contributed by atoms with Crippen molar-refractivity contribution in [1.82, 2.24) is 20.5 Å². The lowest BCUT2D eigenvalue weighted by atomic mass is 9.89. The van der Waals surface area contributed by atoms with Crippen LogP contribution in [0.5, 0.6) is 0 Å². The monoisotopic (exact) mass is 496 g/mol. The number of amides is 1. The van der Waals surface area contributed by atoms with E-state index in [1.807, 2.05) is 31.2 Å². The second-order valence-corrected chi connectivity index (χ2v) is 10.6. The fourth-order valence-electron chi connectivity index (χ4n) is 4.58. The molecule has 2 aliphatic heterocycles. The smallest absolute Gasteiger partial charge is 0.227 e. The third-order valence-corrected chi connectivity index (χ3v) is 7.85. The first kappa shape index (κ1) is 23.4. The summed E-state index contributed by atoms with van der Waals surface area (Å²) in [6.07, 6.45) is 0.948. The molecule has 2 aliphatic rings. The van der Waals surface area contributed by atoms with Gasteiger partial charge >= 0.3 is 0 Å². The zero-order valence-corrected chi connectivity index (χ0v) is 21.0. The van der Waals surface area contributed by atoms with Crippen LogP contribution in [0.2, 0.25) is 5.02 Å². The van der Waals surface area contributed by atoms with E-state index in [2.05, 4.69) is 46.7 Å². The summed E-state index contributed by atoms with van der Waals surface area (Å²) in [6, 6.07) is 16.3. The summed E-state index contributed by atoms with van der Waals surface area (Å²) >= 11 is 7.65. The number of carbonyl (C=O) groups is 1. The van der Waals surface area contributed by atoms with E-state index in [0.717, 1.165) is 48.1 Å². The van der Waals surface area contributed by atoms with Crippen LogP contribution in [0.1, 0.15) is 29.0 Å². The number of aryl methyl sites for hydroxylation is 2. The molecule has 8 heteroatoms. The molecular weight excluding hydrogens is 468 g/mol. The van der Waals surface area contributed by atoms with Crippen LogP contribution in [0.25, 0.3) is 11.5 Å². The van der Waals surface area contributed by atoms with Crippen LogP contribution in [0.15, 0.2) is 52.9 Å². The van der Waals surface area contributed by atoms with Crippen molar-refractivity contribution in [3.63, 3.8) is 0 Å². The number of fused-ring (bicyclic) bond motifs is 1. The van der Waals surface area contributed by atoms with Crippen molar-refractivity contribution in [2.24, 2.45) is 5.92 Å². The molecule has 0 bridgehead atoms. The Morgan fingerprint density at radius 1 is 1.15 bits per heavy atom. The number of thioether (sulfide) groups is 1. The third-order valence-electron chi connectivity index (χ3n) is 6.57. The average Bonchev–Trinajstić information content (AvgIpc) is 3.20. The second kappa shape index (κ2) is 10.1. The molecule has 0 spiro atoms. The lowest BCUT2D eigenvalue weighted by molar-refractivity contribution is -0.130. The average molecular weight is 497 g/mol. The minimum Gasteiger partial charge on any atom is -0.441 e. The van der Waals surface area contributed by atoms with Gasteiger partial charge in [0.25, 0.3) is 0 Å². The number of oxazole rings is 1. The second-order valence-electron chi connectivity index (χ2n) is 9.12. The maximum absolute atomic E-state index is 12.9. The molecule has 0 radical (unpaired) electrons. The van der Waals surface area contributed by atoms with Gasteiger partial charge in [-0.2, -0.15) is 0 Å². The summed E-state index contributed by atoms with van der Waals surface area (Å²) in [6.45, 7) is 6.56. The van der Waals surface area contributed by atoms with E-state index >= 15 is 0 Å². The minimum atomic E-state index is -0.129. The van der Waals surface area contributed by atoms with Crippen molar-refractivity contribution in [3.05, 3.63) is 76.1 Å². The number of halogens is 1. The van der Waals surface area contributed by atoms with Gasteiger partial charge in [-0.05, 0) is 50.1 Å². The van der Waals surface area contributed by atoms with Crippen LogP contribution < -0.4 is 10.6 Å². The topological polar surface area (TPSA) is 70.4 Å². The van der Waals surface area contributed by atoms with Crippen LogP contribution >= 0.6 is 23.4 Å². The van der Waals surface area contributed by atoms with Crippen LogP contribution in [0, 0.1) is 19.8 Å². The first-order chi connectivity index (χ1) is 16.4. The number of likely N-dealkylation sites (tertiary alicyclic amines) is 1.